The van der Waals surface area contributed by atoms with Crippen LogP contribution in [0, 0.1) is 0 Å². The SMILES string of the molecule is COCCNC(=O)c1coc(CN(CCc2c[nH]c3ccccc23)Cc2cccc(Cl)c2Cl)n1. The van der Waals surface area contributed by atoms with Crippen molar-refractivity contribution in [1.29, 1.82) is 0 Å². The number of nitrogens with one attached hydrogen (secondary N) is 2. The number of aromatic nitrogens is 2. The van der Waals surface area contributed by atoms with Crippen molar-refractivity contribution in [1.82, 2.24) is 20.2 Å². The van der Waals surface area contributed by atoms with Crippen molar-refractivity contribution in [3.8, 4) is 0 Å². The van der Waals surface area contributed by atoms with E-state index in [4.69, 9.17) is 32.4 Å². The van der Waals surface area contributed by atoms with Gasteiger partial charge < -0.3 is 19.5 Å². The number of ether oxygens (including phenoxy) is 1. The predicted octanol–water partition coefficient (Wildman–Crippen LogP) is 5.08. The summed E-state index contributed by atoms with van der Waals surface area (Å²) in [6.45, 7) is 2.53. The highest BCUT2D eigenvalue weighted by Gasteiger charge is 2.17. The average Bonchev–Trinajstić information content (AvgIpc) is 3.48. The topological polar surface area (TPSA) is 83.4 Å². The predicted molar refractivity (Wildman–Crippen MR) is 133 cm³/mol. The van der Waals surface area contributed by atoms with Crippen molar-refractivity contribution in [3.63, 3.8) is 0 Å². The molecule has 0 aliphatic rings. The maximum atomic E-state index is 12.3. The number of carbonyl (C=O) groups excluding carboxylic acids is 1. The Morgan fingerprint density at radius 2 is 2.00 bits per heavy atom. The van der Waals surface area contributed by atoms with Crippen LogP contribution in [0.1, 0.15) is 27.5 Å². The zero-order chi connectivity index (χ0) is 23.9. The second kappa shape index (κ2) is 11.5. The van der Waals surface area contributed by atoms with Gasteiger partial charge in [-0.25, -0.2) is 4.98 Å². The fourth-order valence-electron chi connectivity index (χ4n) is 3.78. The maximum absolute atomic E-state index is 12.3. The summed E-state index contributed by atoms with van der Waals surface area (Å²) in [7, 11) is 1.58. The van der Waals surface area contributed by atoms with Crippen LogP contribution in [0.25, 0.3) is 10.9 Å². The molecule has 2 heterocycles. The molecular formula is C25H26Cl2N4O3. The number of amides is 1. The van der Waals surface area contributed by atoms with Crippen LogP contribution in [0.3, 0.4) is 0 Å². The Balaban J connectivity index is 1.49. The van der Waals surface area contributed by atoms with Gasteiger partial charge in [0.05, 0.1) is 23.2 Å². The highest BCUT2D eigenvalue weighted by Crippen LogP contribution is 2.27. The number of rotatable bonds is 11. The molecule has 0 fully saturated rings. The van der Waals surface area contributed by atoms with Gasteiger partial charge in [0.15, 0.2) is 5.69 Å². The van der Waals surface area contributed by atoms with Crippen molar-refractivity contribution in [2.24, 2.45) is 0 Å². The molecule has 1 amide bonds. The molecule has 0 aliphatic heterocycles. The average molecular weight is 501 g/mol. The zero-order valence-corrected chi connectivity index (χ0v) is 20.3. The second-order valence-electron chi connectivity index (χ2n) is 7.91. The minimum absolute atomic E-state index is 0.239. The summed E-state index contributed by atoms with van der Waals surface area (Å²) in [6, 6.07) is 13.8. The van der Waals surface area contributed by atoms with Crippen LogP contribution in [-0.4, -0.2) is 47.6 Å². The van der Waals surface area contributed by atoms with Gasteiger partial charge in [0.1, 0.15) is 6.26 Å². The van der Waals surface area contributed by atoms with Gasteiger partial charge in [-0.2, -0.15) is 0 Å². The van der Waals surface area contributed by atoms with Crippen LogP contribution < -0.4 is 5.32 Å². The zero-order valence-electron chi connectivity index (χ0n) is 18.8. The number of halogens is 2. The molecule has 0 spiro atoms. The lowest BCUT2D eigenvalue weighted by atomic mass is 10.1. The summed E-state index contributed by atoms with van der Waals surface area (Å²) in [6.07, 6.45) is 4.23. The lowest BCUT2D eigenvalue weighted by molar-refractivity contribution is 0.0932. The van der Waals surface area contributed by atoms with Crippen LogP contribution >= 0.6 is 23.2 Å². The van der Waals surface area contributed by atoms with E-state index in [2.05, 4.69) is 32.3 Å². The number of para-hydroxylation sites is 1. The van der Waals surface area contributed by atoms with Crippen molar-refractivity contribution >= 4 is 40.0 Å². The summed E-state index contributed by atoms with van der Waals surface area (Å²) in [5.74, 6) is 0.157. The number of H-pyrrole nitrogens is 1. The molecule has 9 heteroatoms. The Labute approximate surface area is 208 Å². The number of oxazole rings is 1. The molecule has 34 heavy (non-hydrogen) atoms. The Morgan fingerprint density at radius 3 is 2.85 bits per heavy atom. The van der Waals surface area contributed by atoms with Gasteiger partial charge in [0.25, 0.3) is 5.91 Å². The van der Waals surface area contributed by atoms with Crippen LogP contribution in [0.15, 0.2) is 59.3 Å². The third-order valence-corrected chi connectivity index (χ3v) is 6.39. The van der Waals surface area contributed by atoms with E-state index >= 15 is 0 Å². The van der Waals surface area contributed by atoms with E-state index in [9.17, 15) is 4.79 Å². The lowest BCUT2D eigenvalue weighted by Gasteiger charge is -2.21. The smallest absolute Gasteiger partial charge is 0.273 e. The molecule has 0 atom stereocenters. The van der Waals surface area contributed by atoms with Crippen molar-refractivity contribution < 1.29 is 13.9 Å². The molecule has 7 nitrogen and oxygen atoms in total. The van der Waals surface area contributed by atoms with E-state index < -0.39 is 0 Å². The number of hydrogen-bond donors (Lipinski definition) is 2. The molecule has 0 aliphatic carbocycles. The number of hydrogen-bond acceptors (Lipinski definition) is 5. The first-order valence-electron chi connectivity index (χ1n) is 11.0. The van der Waals surface area contributed by atoms with Gasteiger partial charge in [-0.3, -0.25) is 9.69 Å². The number of methoxy groups -OCH3 is 1. The maximum Gasteiger partial charge on any atom is 0.273 e. The number of nitrogens with zero attached hydrogens (tertiary/aromatic N) is 2. The Morgan fingerprint density at radius 1 is 1.15 bits per heavy atom. The van der Waals surface area contributed by atoms with Crippen LogP contribution in [0.5, 0.6) is 0 Å². The summed E-state index contributed by atoms with van der Waals surface area (Å²) in [4.78, 5) is 22.1. The third-order valence-electron chi connectivity index (χ3n) is 5.53. The molecule has 4 aromatic rings. The molecule has 0 unspecified atom stereocenters. The highest BCUT2D eigenvalue weighted by molar-refractivity contribution is 6.42. The fourth-order valence-corrected chi connectivity index (χ4v) is 4.16. The number of benzene rings is 2. The first-order valence-corrected chi connectivity index (χ1v) is 11.7. The Hall–Kier alpha value is -2.84. The summed E-state index contributed by atoms with van der Waals surface area (Å²) < 4.78 is 10.6. The summed E-state index contributed by atoms with van der Waals surface area (Å²) in [5.41, 5.74) is 3.49. The lowest BCUT2D eigenvalue weighted by Crippen LogP contribution is -2.28. The molecule has 2 aromatic heterocycles. The molecule has 0 radical (unpaired) electrons. The molecule has 4 rings (SSSR count). The number of fused-ring (bicyclic) bond motifs is 1. The highest BCUT2D eigenvalue weighted by atomic mass is 35.5. The quantitative estimate of drug-likeness (QED) is 0.280. The molecule has 2 aromatic carbocycles. The standard InChI is InChI=1S/C25H26Cl2N4O3/c1-33-12-10-28-25(32)22-16-34-23(30-22)15-31(14-18-5-4-7-20(26)24(18)27)11-9-17-13-29-21-8-3-2-6-19(17)21/h2-8,13,16,29H,9-12,14-15H2,1H3,(H,28,32). The monoisotopic (exact) mass is 500 g/mol. The van der Waals surface area contributed by atoms with Gasteiger partial charge in [-0.05, 0) is 29.7 Å². The van der Waals surface area contributed by atoms with E-state index in [-0.39, 0.29) is 11.6 Å². The van der Waals surface area contributed by atoms with Crippen LogP contribution in [-0.2, 0) is 24.2 Å². The van der Waals surface area contributed by atoms with Gasteiger partial charge in [-0.15, -0.1) is 0 Å². The van der Waals surface area contributed by atoms with Gasteiger partial charge in [0.2, 0.25) is 5.89 Å². The van der Waals surface area contributed by atoms with Crippen molar-refractivity contribution in [3.05, 3.63) is 87.7 Å². The van der Waals surface area contributed by atoms with Crippen LogP contribution in [0.2, 0.25) is 10.0 Å². The van der Waals surface area contributed by atoms with Gasteiger partial charge in [-0.1, -0.05) is 53.5 Å². The van der Waals surface area contributed by atoms with Crippen molar-refractivity contribution in [2.75, 3.05) is 26.8 Å². The van der Waals surface area contributed by atoms with Crippen LogP contribution in [0.4, 0.5) is 0 Å². The second-order valence-corrected chi connectivity index (χ2v) is 8.69. The minimum atomic E-state index is -0.296. The van der Waals surface area contributed by atoms with E-state index in [1.54, 1.807) is 13.2 Å². The largest absolute Gasteiger partial charge is 0.447 e. The number of aromatic amines is 1. The molecule has 0 bridgehead atoms. The van der Waals surface area contributed by atoms with E-state index in [0.29, 0.717) is 42.2 Å². The number of carbonyl (C=O) groups is 1. The summed E-state index contributed by atoms with van der Waals surface area (Å²) >= 11 is 12.7. The van der Waals surface area contributed by atoms with Gasteiger partial charge >= 0.3 is 0 Å². The Kier molecular flexibility index (Phi) is 8.24. The molecule has 178 valence electrons. The van der Waals surface area contributed by atoms with E-state index in [1.807, 2.05) is 30.5 Å². The first kappa shape index (κ1) is 24.3. The molecular weight excluding hydrogens is 475 g/mol. The normalized spacial score (nSPS) is 11.4. The van der Waals surface area contributed by atoms with Gasteiger partial charge in [0, 0.05) is 43.8 Å². The minimum Gasteiger partial charge on any atom is -0.447 e. The van der Waals surface area contributed by atoms with E-state index in [1.165, 1.54) is 17.2 Å². The van der Waals surface area contributed by atoms with Crippen molar-refractivity contribution in [2.45, 2.75) is 19.5 Å². The first-order chi connectivity index (χ1) is 16.5. The molecule has 0 saturated heterocycles. The Bertz CT molecular complexity index is 1250. The molecule has 0 saturated carbocycles. The summed E-state index contributed by atoms with van der Waals surface area (Å²) in [5, 5.41) is 5.00. The van der Waals surface area contributed by atoms with E-state index in [0.717, 1.165) is 24.0 Å². The third kappa shape index (κ3) is 5.98. The fraction of sp³-hybridized carbons (Fsp3) is 0.280. The molecule has 2 N–H and O–H groups in total.